The molecule has 5 rings (SSSR count). The first kappa shape index (κ1) is 26.9. The van der Waals surface area contributed by atoms with Gasteiger partial charge in [-0.1, -0.05) is 31.8 Å². The number of pyridine rings is 1. The molecule has 0 atom stereocenters. The van der Waals surface area contributed by atoms with Gasteiger partial charge in [0.15, 0.2) is 0 Å². The summed E-state index contributed by atoms with van der Waals surface area (Å²) < 4.78 is 7.96. The van der Waals surface area contributed by atoms with Crippen LogP contribution in [0.1, 0.15) is 28.8 Å². The molecule has 11 heteroatoms. The number of carbonyl (C=O) groups is 2. The van der Waals surface area contributed by atoms with Gasteiger partial charge in [0.2, 0.25) is 5.91 Å². The largest absolute Gasteiger partial charge is 0.368 e. The number of ether oxygens (including phenoxy) is 1. The number of benzene rings is 1. The average Bonchev–Trinajstić information content (AvgIpc) is 3.67. The predicted molar refractivity (Wildman–Crippen MR) is 156 cm³/mol. The smallest absolute Gasteiger partial charge is 0.254 e. The summed E-state index contributed by atoms with van der Waals surface area (Å²) in [7, 11) is 2.45. The number of nitrogens with zero attached hydrogens (tertiary/aromatic N) is 4. The van der Waals surface area contributed by atoms with Crippen LogP contribution in [0.3, 0.4) is 0 Å². The molecule has 2 aromatic heterocycles. The van der Waals surface area contributed by atoms with Gasteiger partial charge in [0.1, 0.15) is 12.5 Å². The molecule has 1 aliphatic carbocycles. The van der Waals surface area contributed by atoms with E-state index in [-0.39, 0.29) is 17.7 Å². The van der Waals surface area contributed by atoms with Gasteiger partial charge < -0.3 is 25.6 Å². The topological polar surface area (TPSA) is 113 Å². The molecule has 2 aliphatic rings. The molecule has 1 fully saturated rings. The molecule has 206 valence electrons. The highest BCUT2D eigenvalue weighted by molar-refractivity contribution is 6.76. The Morgan fingerprint density at radius 1 is 1.15 bits per heavy atom. The van der Waals surface area contributed by atoms with E-state index in [1.165, 1.54) is 6.20 Å². The van der Waals surface area contributed by atoms with E-state index in [2.05, 4.69) is 56.6 Å². The number of rotatable bonds is 10. The second kappa shape index (κ2) is 10.8. The van der Waals surface area contributed by atoms with E-state index in [1.807, 2.05) is 30.1 Å². The van der Waals surface area contributed by atoms with Crippen LogP contribution in [0.25, 0.3) is 11.3 Å². The lowest BCUT2D eigenvalue weighted by atomic mass is 9.99. The number of para-hydroxylation sites is 1. The lowest BCUT2D eigenvalue weighted by Gasteiger charge is -2.31. The SMILES string of the molecule is CNC(=O)c1cnc(NC(=O)C2CC2)cc1Nc1cccc2c1N(C)Cc1cnn(COCC[Si](C)(C)C)c1-2. The molecule has 0 unspecified atom stereocenters. The van der Waals surface area contributed by atoms with Crippen LogP contribution in [0.15, 0.2) is 36.7 Å². The third kappa shape index (κ3) is 5.99. The van der Waals surface area contributed by atoms with E-state index in [1.54, 1.807) is 13.1 Å². The van der Waals surface area contributed by atoms with Gasteiger partial charge in [-0.15, -0.1) is 0 Å². The molecule has 1 aromatic carbocycles. The summed E-state index contributed by atoms with van der Waals surface area (Å²) in [5, 5.41) is 13.7. The fraction of sp³-hybridized carbons (Fsp3) is 0.429. The van der Waals surface area contributed by atoms with Crippen molar-refractivity contribution in [3.63, 3.8) is 0 Å². The van der Waals surface area contributed by atoms with Gasteiger partial charge in [-0.3, -0.25) is 9.59 Å². The Balaban J connectivity index is 1.45. The van der Waals surface area contributed by atoms with E-state index in [9.17, 15) is 9.59 Å². The molecular formula is C28H37N7O3Si. The third-order valence-corrected chi connectivity index (χ3v) is 8.75. The minimum atomic E-state index is -1.18. The first-order chi connectivity index (χ1) is 18.6. The van der Waals surface area contributed by atoms with E-state index < -0.39 is 8.07 Å². The molecule has 0 bridgehead atoms. The second-order valence-corrected chi connectivity index (χ2v) is 17.1. The van der Waals surface area contributed by atoms with E-state index >= 15 is 0 Å². The first-order valence-corrected chi connectivity index (χ1v) is 17.1. The van der Waals surface area contributed by atoms with Crippen LogP contribution in [0, 0.1) is 5.92 Å². The Hall–Kier alpha value is -3.70. The quantitative estimate of drug-likeness (QED) is 0.250. The van der Waals surface area contributed by atoms with Crippen LogP contribution < -0.4 is 20.9 Å². The van der Waals surface area contributed by atoms with Crippen molar-refractivity contribution in [3.8, 4) is 11.3 Å². The normalized spacial score (nSPS) is 14.4. The summed E-state index contributed by atoms with van der Waals surface area (Å²) in [6.45, 7) is 8.84. The monoisotopic (exact) mass is 547 g/mol. The summed E-state index contributed by atoms with van der Waals surface area (Å²) in [4.78, 5) is 31.5. The van der Waals surface area contributed by atoms with Crippen molar-refractivity contribution in [2.45, 2.75) is 51.8 Å². The standard InChI is InChI=1S/C28H37N7O3Si/c1-29-28(37)21-15-30-24(33-27(36)18-9-10-18)13-23(21)32-22-8-6-7-20-25-19(16-34(2)26(20)22)14-31-35(25)17-38-11-12-39(3,4)5/h6-8,13-15,18H,9-12,16-17H2,1-5H3,(H,29,37)(H2,30,32,33,36). The predicted octanol–water partition coefficient (Wildman–Crippen LogP) is 4.66. The van der Waals surface area contributed by atoms with E-state index in [0.717, 1.165) is 53.7 Å². The van der Waals surface area contributed by atoms with Crippen LogP contribution in [0.2, 0.25) is 25.7 Å². The van der Waals surface area contributed by atoms with Crippen LogP contribution in [-0.4, -0.2) is 55.4 Å². The van der Waals surface area contributed by atoms with Crippen LogP contribution in [0.4, 0.5) is 22.9 Å². The maximum atomic E-state index is 12.7. The second-order valence-electron chi connectivity index (χ2n) is 11.5. The van der Waals surface area contributed by atoms with Gasteiger partial charge in [0, 0.05) is 64.6 Å². The summed E-state index contributed by atoms with van der Waals surface area (Å²) in [6, 6.07) is 8.89. The minimum Gasteiger partial charge on any atom is -0.368 e. The van der Waals surface area contributed by atoms with Crippen molar-refractivity contribution in [1.29, 1.82) is 0 Å². The van der Waals surface area contributed by atoms with Crippen molar-refractivity contribution in [2.75, 3.05) is 36.2 Å². The van der Waals surface area contributed by atoms with Crippen molar-refractivity contribution < 1.29 is 14.3 Å². The lowest BCUT2D eigenvalue weighted by molar-refractivity contribution is -0.117. The van der Waals surface area contributed by atoms with Crippen molar-refractivity contribution in [3.05, 3.63) is 47.8 Å². The Labute approximate surface area is 230 Å². The van der Waals surface area contributed by atoms with Crippen molar-refractivity contribution >= 4 is 42.8 Å². The van der Waals surface area contributed by atoms with E-state index in [0.29, 0.717) is 30.3 Å². The molecule has 3 N–H and O–H groups in total. The molecule has 0 saturated heterocycles. The number of carbonyl (C=O) groups excluding carboxylic acids is 2. The van der Waals surface area contributed by atoms with Gasteiger partial charge in [0.25, 0.3) is 5.91 Å². The first-order valence-electron chi connectivity index (χ1n) is 13.4. The Morgan fingerprint density at radius 2 is 1.95 bits per heavy atom. The summed E-state index contributed by atoms with van der Waals surface area (Å²) >= 11 is 0. The van der Waals surface area contributed by atoms with Crippen molar-refractivity contribution in [1.82, 2.24) is 20.1 Å². The maximum Gasteiger partial charge on any atom is 0.254 e. The number of amides is 2. The van der Waals surface area contributed by atoms with Gasteiger partial charge in [-0.05, 0) is 25.0 Å². The highest BCUT2D eigenvalue weighted by atomic mass is 28.3. The number of hydrogen-bond acceptors (Lipinski definition) is 7. The summed E-state index contributed by atoms with van der Waals surface area (Å²) in [6.07, 6.45) is 5.21. The molecule has 10 nitrogen and oxygen atoms in total. The number of aromatic nitrogens is 3. The van der Waals surface area contributed by atoms with Crippen molar-refractivity contribution in [2.24, 2.45) is 5.92 Å². The molecule has 39 heavy (non-hydrogen) atoms. The van der Waals surface area contributed by atoms with Crippen LogP contribution in [-0.2, 0) is 22.8 Å². The van der Waals surface area contributed by atoms with Gasteiger partial charge in [-0.2, -0.15) is 5.10 Å². The molecule has 1 aliphatic heterocycles. The molecule has 3 aromatic rings. The van der Waals surface area contributed by atoms with E-state index in [4.69, 9.17) is 4.74 Å². The van der Waals surface area contributed by atoms with Gasteiger partial charge >= 0.3 is 0 Å². The number of hydrogen-bond donors (Lipinski definition) is 3. The molecule has 1 saturated carbocycles. The van der Waals surface area contributed by atoms with Gasteiger partial charge in [-0.25, -0.2) is 9.67 Å². The summed E-state index contributed by atoms with van der Waals surface area (Å²) in [5.41, 5.74) is 5.99. The third-order valence-electron chi connectivity index (χ3n) is 7.05. The highest BCUT2D eigenvalue weighted by Gasteiger charge is 2.30. The minimum absolute atomic E-state index is 0.0363. The number of fused-ring (bicyclic) bond motifs is 3. The lowest BCUT2D eigenvalue weighted by Crippen LogP contribution is -2.24. The zero-order chi connectivity index (χ0) is 27.7. The zero-order valence-corrected chi connectivity index (χ0v) is 24.3. The maximum absolute atomic E-state index is 12.7. The number of nitrogens with one attached hydrogen (secondary N) is 3. The van der Waals surface area contributed by atoms with Crippen LogP contribution >= 0.6 is 0 Å². The zero-order valence-electron chi connectivity index (χ0n) is 23.3. The Kier molecular flexibility index (Phi) is 7.46. The fourth-order valence-electron chi connectivity index (χ4n) is 4.72. The molecule has 3 heterocycles. The molecule has 2 amide bonds. The fourth-order valence-corrected chi connectivity index (χ4v) is 5.48. The molecular weight excluding hydrogens is 510 g/mol. The highest BCUT2D eigenvalue weighted by Crippen LogP contribution is 2.44. The molecule has 0 spiro atoms. The summed E-state index contributed by atoms with van der Waals surface area (Å²) in [5.74, 6) is 0.163. The average molecular weight is 548 g/mol. The van der Waals surface area contributed by atoms with Crippen LogP contribution in [0.5, 0.6) is 0 Å². The van der Waals surface area contributed by atoms with Gasteiger partial charge in [0.05, 0.1) is 34.5 Å². The molecule has 0 radical (unpaired) electrons. The Bertz CT molecular complexity index is 1390. The number of anilines is 4. The Morgan fingerprint density at radius 3 is 2.67 bits per heavy atom.